The van der Waals surface area contributed by atoms with Gasteiger partial charge in [-0.15, -0.1) is 0 Å². The van der Waals surface area contributed by atoms with Crippen LogP contribution in [0.3, 0.4) is 0 Å². The fourth-order valence-electron chi connectivity index (χ4n) is 3.39. The second-order valence-electron chi connectivity index (χ2n) is 6.19. The number of amides is 1. The Hall–Kier alpha value is -2.55. The van der Waals surface area contributed by atoms with Gasteiger partial charge in [0, 0.05) is 49.6 Å². The summed E-state index contributed by atoms with van der Waals surface area (Å²) in [4.78, 5) is 23.6. The summed E-state index contributed by atoms with van der Waals surface area (Å²) in [5, 5.41) is 9.83. The van der Waals surface area contributed by atoms with E-state index in [0.717, 1.165) is 29.7 Å². The summed E-state index contributed by atoms with van der Waals surface area (Å²) in [5.41, 5.74) is 1.98. The van der Waals surface area contributed by atoms with Gasteiger partial charge in [0.25, 0.3) is 0 Å². The molecule has 6 nitrogen and oxygen atoms in total. The molecule has 0 saturated carbocycles. The molecule has 1 N–H and O–H groups in total. The zero-order valence-electron chi connectivity index (χ0n) is 13.5. The van der Waals surface area contributed by atoms with Gasteiger partial charge in [-0.25, -0.2) is 4.98 Å². The molecular formula is C17H21N5O. The lowest BCUT2D eigenvalue weighted by atomic mass is 9.91. The number of carbonyl (C=O) groups is 1. The molecule has 23 heavy (non-hydrogen) atoms. The van der Waals surface area contributed by atoms with Crippen molar-refractivity contribution in [1.82, 2.24) is 14.9 Å². The monoisotopic (exact) mass is 311 g/mol. The lowest BCUT2D eigenvalue weighted by molar-refractivity contribution is -0.131. The molecule has 2 aromatic rings. The number of anilines is 1. The van der Waals surface area contributed by atoms with Gasteiger partial charge >= 0.3 is 0 Å². The average Bonchev–Trinajstić information content (AvgIpc) is 3.03. The van der Waals surface area contributed by atoms with Gasteiger partial charge in [0.1, 0.15) is 12.1 Å². The fraction of sp³-hybridized carbons (Fsp3) is 0.471. The molecule has 1 aliphatic heterocycles. The number of carbonyl (C=O) groups excluding carboxylic acids is 1. The third-order valence-electron chi connectivity index (χ3n) is 4.82. The Morgan fingerprint density at radius 1 is 1.57 bits per heavy atom. The molecule has 2 atom stereocenters. The van der Waals surface area contributed by atoms with Gasteiger partial charge in [-0.3, -0.25) is 4.79 Å². The minimum atomic E-state index is -0.0701. The number of pyridine rings is 1. The van der Waals surface area contributed by atoms with Gasteiger partial charge in [0.05, 0.1) is 6.07 Å². The van der Waals surface area contributed by atoms with Crippen molar-refractivity contribution in [2.24, 2.45) is 5.92 Å². The first kappa shape index (κ1) is 15.3. The van der Waals surface area contributed by atoms with Crippen molar-refractivity contribution in [2.45, 2.75) is 25.8 Å². The highest BCUT2D eigenvalue weighted by atomic mass is 16.2. The number of rotatable bonds is 3. The van der Waals surface area contributed by atoms with Gasteiger partial charge in [-0.1, -0.05) is 6.92 Å². The van der Waals surface area contributed by atoms with Crippen LogP contribution in [0, 0.1) is 17.2 Å². The third-order valence-corrected chi connectivity index (χ3v) is 4.82. The van der Waals surface area contributed by atoms with Crippen LogP contribution in [0.4, 0.5) is 5.69 Å². The number of hydrogen-bond donors (Lipinski definition) is 1. The summed E-state index contributed by atoms with van der Waals surface area (Å²) in [5.74, 6) is 0.410. The highest BCUT2D eigenvalue weighted by molar-refractivity contribution is 5.89. The molecule has 1 fully saturated rings. The molecule has 0 radical (unpaired) electrons. The number of aromatic amines is 1. The maximum atomic E-state index is 12.1. The lowest BCUT2D eigenvalue weighted by Crippen LogP contribution is -2.52. The van der Waals surface area contributed by atoms with Crippen LogP contribution in [0.25, 0.3) is 11.0 Å². The molecule has 3 heterocycles. The van der Waals surface area contributed by atoms with Gasteiger partial charge in [0.2, 0.25) is 5.91 Å². The molecule has 2 unspecified atom stereocenters. The highest BCUT2D eigenvalue weighted by Gasteiger charge is 2.32. The van der Waals surface area contributed by atoms with Crippen molar-refractivity contribution in [1.29, 1.82) is 5.26 Å². The minimum absolute atomic E-state index is 0.0396. The first-order valence-corrected chi connectivity index (χ1v) is 7.91. The number of likely N-dealkylation sites (N-methyl/N-ethyl adjacent to an activating group) is 1. The minimum Gasteiger partial charge on any atom is -0.369 e. The van der Waals surface area contributed by atoms with E-state index in [1.54, 1.807) is 6.20 Å². The Kier molecular flexibility index (Phi) is 4.20. The number of nitrogens with one attached hydrogen (secondary N) is 1. The quantitative estimate of drug-likeness (QED) is 0.942. The third kappa shape index (κ3) is 2.87. The topological polar surface area (TPSA) is 76.0 Å². The van der Waals surface area contributed by atoms with Crippen LogP contribution in [-0.4, -0.2) is 47.0 Å². The first-order chi connectivity index (χ1) is 11.1. The molecule has 6 heteroatoms. The second kappa shape index (κ2) is 6.29. The Balaban J connectivity index is 1.85. The van der Waals surface area contributed by atoms with Gasteiger partial charge < -0.3 is 14.8 Å². The smallest absolute Gasteiger partial charge is 0.236 e. The van der Waals surface area contributed by atoms with Crippen molar-refractivity contribution in [3.8, 4) is 6.07 Å². The van der Waals surface area contributed by atoms with E-state index in [9.17, 15) is 4.79 Å². The maximum absolute atomic E-state index is 12.1. The van der Waals surface area contributed by atoms with E-state index in [-0.39, 0.29) is 18.4 Å². The molecule has 0 aliphatic carbocycles. The summed E-state index contributed by atoms with van der Waals surface area (Å²) in [7, 11) is 2.07. The van der Waals surface area contributed by atoms with E-state index in [0.29, 0.717) is 12.5 Å². The van der Waals surface area contributed by atoms with Crippen LogP contribution in [0.2, 0.25) is 0 Å². The maximum Gasteiger partial charge on any atom is 0.236 e. The first-order valence-electron chi connectivity index (χ1n) is 7.91. The summed E-state index contributed by atoms with van der Waals surface area (Å²) in [6, 6.07) is 6.22. The number of hydrogen-bond acceptors (Lipinski definition) is 4. The zero-order chi connectivity index (χ0) is 16.4. The van der Waals surface area contributed by atoms with Crippen molar-refractivity contribution < 1.29 is 4.79 Å². The van der Waals surface area contributed by atoms with Crippen LogP contribution in [-0.2, 0) is 4.79 Å². The highest BCUT2D eigenvalue weighted by Crippen LogP contribution is 2.30. The molecule has 0 bridgehead atoms. The predicted molar refractivity (Wildman–Crippen MR) is 88.9 cm³/mol. The van der Waals surface area contributed by atoms with Gasteiger partial charge in [-0.2, -0.15) is 5.26 Å². The Bertz CT molecular complexity index is 747. The van der Waals surface area contributed by atoms with E-state index < -0.39 is 0 Å². The molecule has 1 amide bonds. The van der Waals surface area contributed by atoms with Crippen LogP contribution in [0.15, 0.2) is 24.5 Å². The van der Waals surface area contributed by atoms with Crippen molar-refractivity contribution in [2.75, 3.05) is 25.0 Å². The molecule has 0 aromatic carbocycles. The van der Waals surface area contributed by atoms with Crippen LogP contribution < -0.4 is 4.90 Å². The molecule has 1 saturated heterocycles. The van der Waals surface area contributed by atoms with E-state index in [2.05, 4.69) is 28.8 Å². The van der Waals surface area contributed by atoms with E-state index in [4.69, 9.17) is 5.26 Å². The molecule has 2 aromatic heterocycles. The number of nitrogens with zero attached hydrogens (tertiary/aromatic N) is 4. The molecule has 1 aliphatic rings. The number of fused-ring (bicyclic) bond motifs is 1. The van der Waals surface area contributed by atoms with Gasteiger partial charge in [-0.05, 0) is 24.5 Å². The number of piperidine rings is 1. The van der Waals surface area contributed by atoms with Crippen molar-refractivity contribution >= 4 is 22.6 Å². The van der Waals surface area contributed by atoms with E-state index >= 15 is 0 Å². The number of aromatic nitrogens is 2. The lowest BCUT2D eigenvalue weighted by Gasteiger charge is -2.42. The fourth-order valence-corrected chi connectivity index (χ4v) is 3.39. The molecule has 3 rings (SSSR count). The predicted octanol–water partition coefficient (Wildman–Crippen LogP) is 2.15. The van der Waals surface area contributed by atoms with Crippen molar-refractivity contribution in [3.05, 3.63) is 24.5 Å². The average molecular weight is 311 g/mol. The molecular weight excluding hydrogens is 290 g/mol. The van der Waals surface area contributed by atoms with Crippen LogP contribution in [0.5, 0.6) is 0 Å². The van der Waals surface area contributed by atoms with E-state index in [1.807, 2.05) is 29.3 Å². The summed E-state index contributed by atoms with van der Waals surface area (Å²) in [6.07, 6.45) is 4.61. The zero-order valence-corrected chi connectivity index (χ0v) is 13.5. The Morgan fingerprint density at radius 2 is 2.39 bits per heavy atom. The standard InChI is InChI=1S/C17H21N5O/c1-12-6-10-22(16(23)3-7-18)11-15(12)21(2)14-5-9-20-17-13(14)4-8-19-17/h4-5,8-9,12,15H,3,6,10-11H2,1-2H3,(H,19,20). The van der Waals surface area contributed by atoms with Crippen LogP contribution >= 0.6 is 0 Å². The number of likely N-dealkylation sites (tertiary alicyclic amines) is 1. The van der Waals surface area contributed by atoms with Crippen LogP contribution in [0.1, 0.15) is 19.8 Å². The Labute approximate surface area is 135 Å². The Morgan fingerprint density at radius 3 is 3.17 bits per heavy atom. The normalized spacial score (nSPS) is 21.2. The summed E-state index contributed by atoms with van der Waals surface area (Å²) in [6.45, 7) is 3.62. The number of nitriles is 1. The molecule has 120 valence electrons. The van der Waals surface area contributed by atoms with Gasteiger partial charge in [0.15, 0.2) is 0 Å². The largest absolute Gasteiger partial charge is 0.369 e. The van der Waals surface area contributed by atoms with Crippen molar-refractivity contribution in [3.63, 3.8) is 0 Å². The molecule has 0 spiro atoms. The summed E-state index contributed by atoms with van der Waals surface area (Å²) < 4.78 is 0. The SMILES string of the molecule is CC1CCN(C(=O)CC#N)CC1N(C)c1ccnc2[nH]ccc12. The van der Waals surface area contributed by atoms with E-state index in [1.165, 1.54) is 0 Å². The second-order valence-corrected chi connectivity index (χ2v) is 6.19. The summed E-state index contributed by atoms with van der Waals surface area (Å²) >= 11 is 0. The number of H-pyrrole nitrogens is 1.